The zero-order chi connectivity index (χ0) is 13.9. The lowest BCUT2D eigenvalue weighted by molar-refractivity contribution is -0.142. The predicted molar refractivity (Wildman–Crippen MR) is 67.2 cm³/mol. The van der Waals surface area contributed by atoms with Gasteiger partial charge in [0.25, 0.3) is 0 Å². The van der Waals surface area contributed by atoms with Crippen molar-refractivity contribution in [3.05, 3.63) is 24.0 Å². The Morgan fingerprint density at radius 3 is 2.32 bits per heavy atom. The molecule has 2 heterocycles. The van der Waals surface area contributed by atoms with Gasteiger partial charge in [0.1, 0.15) is 0 Å². The van der Waals surface area contributed by atoms with Gasteiger partial charge in [-0.05, 0) is 11.5 Å². The van der Waals surface area contributed by atoms with Gasteiger partial charge in [0, 0.05) is 25.0 Å². The summed E-state index contributed by atoms with van der Waals surface area (Å²) in [4.78, 5) is 37.3. The highest BCUT2D eigenvalue weighted by atomic mass is 16.2. The highest BCUT2D eigenvalue weighted by Crippen LogP contribution is 2.63. The molecular weight excluding hydrogens is 244 g/mol. The number of ketones is 1. The van der Waals surface area contributed by atoms with Crippen LogP contribution in [0.3, 0.4) is 0 Å². The molecule has 2 unspecified atom stereocenters. The first-order valence-corrected chi connectivity index (χ1v) is 6.34. The average Bonchev–Trinajstić information content (AvgIpc) is 2.62. The topological polar surface area (TPSA) is 59.4 Å². The molecule has 1 aromatic heterocycles. The van der Waals surface area contributed by atoms with E-state index >= 15 is 0 Å². The molecule has 1 saturated carbocycles. The van der Waals surface area contributed by atoms with Crippen molar-refractivity contribution in [2.24, 2.45) is 24.3 Å². The zero-order valence-electron chi connectivity index (χ0n) is 11.2. The van der Waals surface area contributed by atoms with Crippen LogP contribution in [0.25, 0.3) is 0 Å². The smallest absolute Gasteiger partial charge is 0.234 e. The molecule has 0 N–H and O–H groups in total. The van der Waals surface area contributed by atoms with Crippen molar-refractivity contribution in [2.45, 2.75) is 13.8 Å². The lowest BCUT2D eigenvalue weighted by atomic mass is 10.1. The van der Waals surface area contributed by atoms with Gasteiger partial charge in [-0.1, -0.05) is 13.8 Å². The number of hydrogen-bond donors (Lipinski definition) is 0. The molecule has 2 amide bonds. The van der Waals surface area contributed by atoms with Crippen molar-refractivity contribution in [1.82, 2.24) is 9.47 Å². The third kappa shape index (κ3) is 1.57. The Hall–Kier alpha value is -1.91. The number of piperidine rings is 1. The number of aryl methyl sites for hydroxylation is 1. The first-order chi connectivity index (χ1) is 8.84. The lowest BCUT2D eigenvalue weighted by Crippen LogP contribution is -2.39. The van der Waals surface area contributed by atoms with Gasteiger partial charge >= 0.3 is 0 Å². The molecule has 1 aliphatic carbocycles. The van der Waals surface area contributed by atoms with Crippen LogP contribution >= 0.6 is 0 Å². The van der Waals surface area contributed by atoms with E-state index in [0.29, 0.717) is 5.56 Å². The van der Waals surface area contributed by atoms with E-state index in [2.05, 4.69) is 0 Å². The van der Waals surface area contributed by atoms with Crippen LogP contribution in [-0.2, 0) is 16.6 Å². The van der Waals surface area contributed by atoms with Gasteiger partial charge in [0.2, 0.25) is 11.8 Å². The second-order valence-electron chi connectivity index (χ2n) is 6.03. The second kappa shape index (κ2) is 3.56. The number of imide groups is 1. The number of fused-ring (bicyclic) bond motifs is 1. The molecule has 3 rings (SSSR count). The lowest BCUT2D eigenvalue weighted by Gasteiger charge is -2.19. The Morgan fingerprint density at radius 1 is 1.26 bits per heavy atom. The molecule has 0 aromatic carbocycles. The summed E-state index contributed by atoms with van der Waals surface area (Å²) >= 11 is 0. The van der Waals surface area contributed by atoms with Gasteiger partial charge < -0.3 is 4.57 Å². The number of Topliss-reactive ketones (excluding diaryl/α,β-unsaturated/α-hetero) is 1. The first kappa shape index (κ1) is 12.1. The fourth-order valence-corrected chi connectivity index (χ4v) is 3.06. The summed E-state index contributed by atoms with van der Waals surface area (Å²) in [6.07, 6.45) is 3.46. The fourth-order valence-electron chi connectivity index (χ4n) is 3.06. The Labute approximate surface area is 111 Å². The van der Waals surface area contributed by atoms with E-state index in [1.54, 1.807) is 23.0 Å². The number of nitrogens with zero attached hydrogens (tertiary/aromatic N) is 2. The van der Waals surface area contributed by atoms with Crippen LogP contribution in [-0.4, -0.2) is 33.6 Å². The molecule has 2 atom stereocenters. The minimum absolute atomic E-state index is 0.134. The maximum atomic E-state index is 12.1. The summed E-state index contributed by atoms with van der Waals surface area (Å²) in [6.45, 7) is 3.72. The molecule has 2 fully saturated rings. The van der Waals surface area contributed by atoms with Gasteiger partial charge in [-0.25, -0.2) is 0 Å². The molecule has 19 heavy (non-hydrogen) atoms. The van der Waals surface area contributed by atoms with Gasteiger partial charge in [0.05, 0.1) is 18.4 Å². The van der Waals surface area contributed by atoms with Crippen LogP contribution in [0.1, 0.15) is 24.2 Å². The molecule has 5 heteroatoms. The third-order valence-corrected chi connectivity index (χ3v) is 4.35. The Kier molecular flexibility index (Phi) is 2.27. The molecule has 1 aromatic rings. The summed E-state index contributed by atoms with van der Waals surface area (Å²) in [5.41, 5.74) is 0.309. The molecule has 0 bridgehead atoms. The second-order valence-corrected chi connectivity index (χ2v) is 6.03. The Bertz CT molecular complexity index is 576. The minimum atomic E-state index is -0.222. The Balaban J connectivity index is 1.74. The standard InChI is InChI=1S/C14H16N2O3/c1-14(2)10-11(14)13(19)16(12(10)18)7-9(17)8-4-5-15(3)6-8/h4-6,10-11H,7H2,1-3H3. The average molecular weight is 260 g/mol. The van der Waals surface area contributed by atoms with Crippen LogP contribution in [0.15, 0.2) is 18.5 Å². The number of carbonyl (C=O) groups excluding carboxylic acids is 3. The van der Waals surface area contributed by atoms with E-state index in [1.807, 2.05) is 20.9 Å². The van der Waals surface area contributed by atoms with Crippen molar-refractivity contribution in [1.29, 1.82) is 0 Å². The Morgan fingerprint density at radius 2 is 1.84 bits per heavy atom. The van der Waals surface area contributed by atoms with E-state index in [4.69, 9.17) is 0 Å². The van der Waals surface area contributed by atoms with Crippen LogP contribution in [0.4, 0.5) is 0 Å². The van der Waals surface area contributed by atoms with Gasteiger partial charge in [-0.2, -0.15) is 0 Å². The van der Waals surface area contributed by atoms with Crippen molar-refractivity contribution in [3.8, 4) is 0 Å². The predicted octanol–water partition coefficient (Wildman–Crippen LogP) is 0.849. The maximum absolute atomic E-state index is 12.1. The largest absolute Gasteiger partial charge is 0.357 e. The molecule has 0 spiro atoms. The number of amides is 2. The SMILES string of the molecule is Cn1ccc(C(=O)CN2C(=O)C3C(C2=O)C3(C)C)c1. The van der Waals surface area contributed by atoms with Crippen molar-refractivity contribution in [2.75, 3.05) is 6.54 Å². The molecule has 2 aliphatic rings. The molecular formula is C14H16N2O3. The van der Waals surface area contributed by atoms with Gasteiger partial charge in [-0.3, -0.25) is 19.3 Å². The molecule has 0 radical (unpaired) electrons. The molecule has 5 nitrogen and oxygen atoms in total. The van der Waals surface area contributed by atoms with Crippen LogP contribution in [0.5, 0.6) is 0 Å². The van der Waals surface area contributed by atoms with Gasteiger partial charge in [0.15, 0.2) is 5.78 Å². The normalized spacial score (nSPS) is 27.6. The van der Waals surface area contributed by atoms with Gasteiger partial charge in [-0.15, -0.1) is 0 Å². The first-order valence-electron chi connectivity index (χ1n) is 6.34. The maximum Gasteiger partial charge on any atom is 0.234 e. The number of rotatable bonds is 3. The summed E-state index contributed by atoms with van der Waals surface area (Å²) in [5, 5.41) is 0. The van der Waals surface area contributed by atoms with Crippen LogP contribution < -0.4 is 0 Å². The summed E-state index contributed by atoms with van der Waals surface area (Å²) in [6, 6.07) is 1.69. The number of hydrogen-bond acceptors (Lipinski definition) is 3. The van der Waals surface area contributed by atoms with E-state index < -0.39 is 0 Å². The highest BCUT2D eigenvalue weighted by molar-refractivity contribution is 6.13. The molecule has 1 saturated heterocycles. The monoisotopic (exact) mass is 260 g/mol. The molecule has 100 valence electrons. The van der Waals surface area contributed by atoms with E-state index in [-0.39, 0.29) is 41.4 Å². The van der Waals surface area contributed by atoms with Crippen molar-refractivity contribution < 1.29 is 14.4 Å². The number of aromatic nitrogens is 1. The van der Waals surface area contributed by atoms with E-state index in [9.17, 15) is 14.4 Å². The number of carbonyl (C=O) groups is 3. The van der Waals surface area contributed by atoms with Crippen LogP contribution in [0, 0.1) is 17.3 Å². The van der Waals surface area contributed by atoms with Crippen molar-refractivity contribution in [3.63, 3.8) is 0 Å². The summed E-state index contributed by atoms with van der Waals surface area (Å²) < 4.78 is 1.77. The minimum Gasteiger partial charge on any atom is -0.357 e. The van der Waals surface area contributed by atoms with E-state index in [1.165, 1.54) is 0 Å². The number of likely N-dealkylation sites (tertiary alicyclic amines) is 1. The highest BCUT2D eigenvalue weighted by Gasteiger charge is 2.72. The third-order valence-electron chi connectivity index (χ3n) is 4.35. The van der Waals surface area contributed by atoms with Crippen molar-refractivity contribution >= 4 is 17.6 Å². The quantitative estimate of drug-likeness (QED) is 0.598. The summed E-state index contributed by atoms with van der Waals surface area (Å²) in [5.74, 6) is -1.01. The summed E-state index contributed by atoms with van der Waals surface area (Å²) in [7, 11) is 1.82. The molecule has 1 aliphatic heterocycles. The van der Waals surface area contributed by atoms with E-state index in [0.717, 1.165) is 4.90 Å². The van der Waals surface area contributed by atoms with Crippen LogP contribution in [0.2, 0.25) is 0 Å². The fraction of sp³-hybridized carbons (Fsp3) is 0.500. The zero-order valence-corrected chi connectivity index (χ0v) is 11.2.